The van der Waals surface area contributed by atoms with E-state index in [1.54, 1.807) is 11.8 Å². The Kier molecular flexibility index (Phi) is 5.75. The molecule has 1 aromatic carbocycles. The molecule has 2 amide bonds. The third kappa shape index (κ3) is 4.92. The number of nitrogens with one attached hydrogen (secondary N) is 2. The van der Waals surface area contributed by atoms with Gasteiger partial charge in [-0.25, -0.2) is 4.79 Å². The van der Waals surface area contributed by atoms with Crippen LogP contribution in [-0.4, -0.2) is 40.8 Å². The second-order valence-corrected chi connectivity index (χ2v) is 7.49. The van der Waals surface area contributed by atoms with Gasteiger partial charge in [0.2, 0.25) is 0 Å². The molecule has 0 aliphatic carbocycles. The van der Waals surface area contributed by atoms with Crippen molar-refractivity contribution in [3.8, 4) is 0 Å². The van der Waals surface area contributed by atoms with Crippen molar-refractivity contribution in [1.29, 1.82) is 0 Å². The van der Waals surface area contributed by atoms with Crippen LogP contribution in [0.2, 0.25) is 0 Å². The molecule has 4 nitrogen and oxygen atoms in total. The number of aryl methyl sites for hydroxylation is 2. The smallest absolute Gasteiger partial charge is 0.315 e. The fraction of sp³-hybridized carbons (Fsp3) is 0.588. The Bertz CT molecular complexity index is 527. The maximum absolute atomic E-state index is 11.9. The summed E-state index contributed by atoms with van der Waals surface area (Å²) in [7, 11) is 0. The lowest BCUT2D eigenvalue weighted by Gasteiger charge is -2.23. The first-order chi connectivity index (χ1) is 10.4. The highest BCUT2D eigenvalue weighted by Gasteiger charge is 2.32. The molecule has 1 saturated heterocycles. The topological polar surface area (TPSA) is 61.4 Å². The number of aliphatic hydroxyl groups is 1. The Balaban J connectivity index is 1.78. The number of urea groups is 1. The Morgan fingerprint density at radius 3 is 2.86 bits per heavy atom. The normalized spacial score (nSPS) is 22.4. The molecule has 0 radical (unpaired) electrons. The van der Waals surface area contributed by atoms with E-state index in [2.05, 4.69) is 42.7 Å². The van der Waals surface area contributed by atoms with E-state index in [1.807, 2.05) is 6.92 Å². The van der Waals surface area contributed by atoms with Crippen LogP contribution in [-0.2, 0) is 6.42 Å². The van der Waals surface area contributed by atoms with Crippen LogP contribution in [0, 0.1) is 13.8 Å². The highest BCUT2D eigenvalue weighted by Crippen LogP contribution is 2.26. The SMILES string of the molecule is Cc1ccc(C[C@H](C)NC(=O)NC[C@]2(O)CCSC2)c(C)c1. The van der Waals surface area contributed by atoms with Crippen LogP contribution in [0.5, 0.6) is 0 Å². The Morgan fingerprint density at radius 1 is 1.45 bits per heavy atom. The van der Waals surface area contributed by atoms with Gasteiger partial charge in [0.05, 0.1) is 5.60 Å². The van der Waals surface area contributed by atoms with E-state index in [0.717, 1.165) is 18.6 Å². The first kappa shape index (κ1) is 17.2. The van der Waals surface area contributed by atoms with E-state index in [-0.39, 0.29) is 12.1 Å². The number of rotatable bonds is 5. The molecular weight excluding hydrogens is 296 g/mol. The van der Waals surface area contributed by atoms with E-state index in [4.69, 9.17) is 0 Å². The minimum absolute atomic E-state index is 0.0500. The van der Waals surface area contributed by atoms with Gasteiger partial charge in [-0.3, -0.25) is 0 Å². The number of hydrogen-bond donors (Lipinski definition) is 3. The van der Waals surface area contributed by atoms with E-state index in [0.29, 0.717) is 12.3 Å². The van der Waals surface area contributed by atoms with Crippen LogP contribution < -0.4 is 10.6 Å². The predicted octanol–water partition coefficient (Wildman–Crippen LogP) is 2.40. The van der Waals surface area contributed by atoms with Gasteiger partial charge in [-0.1, -0.05) is 23.8 Å². The summed E-state index contributed by atoms with van der Waals surface area (Å²) in [5, 5.41) is 15.9. The average molecular weight is 322 g/mol. The van der Waals surface area contributed by atoms with Gasteiger partial charge in [-0.05, 0) is 50.5 Å². The largest absolute Gasteiger partial charge is 0.387 e. The van der Waals surface area contributed by atoms with Gasteiger partial charge >= 0.3 is 6.03 Å². The number of amides is 2. The van der Waals surface area contributed by atoms with Gasteiger partial charge in [0.15, 0.2) is 0 Å². The molecule has 2 atom stereocenters. The molecule has 3 N–H and O–H groups in total. The van der Waals surface area contributed by atoms with Crippen LogP contribution in [0.25, 0.3) is 0 Å². The van der Waals surface area contributed by atoms with Gasteiger partial charge in [0.1, 0.15) is 0 Å². The minimum Gasteiger partial charge on any atom is -0.387 e. The second kappa shape index (κ2) is 7.38. The third-order valence-electron chi connectivity index (χ3n) is 4.06. The highest BCUT2D eigenvalue weighted by atomic mass is 32.2. The number of hydrogen-bond acceptors (Lipinski definition) is 3. The van der Waals surface area contributed by atoms with Gasteiger partial charge in [0, 0.05) is 18.3 Å². The van der Waals surface area contributed by atoms with E-state index in [1.165, 1.54) is 16.7 Å². The predicted molar refractivity (Wildman–Crippen MR) is 92.5 cm³/mol. The molecule has 1 aliphatic rings. The standard InChI is InChI=1S/C17H26N2O2S/c1-12-4-5-15(13(2)8-12)9-14(3)19-16(20)18-10-17(21)6-7-22-11-17/h4-5,8,14,21H,6-7,9-11H2,1-3H3,(H2,18,19,20)/t14-,17+/m0/s1. The summed E-state index contributed by atoms with van der Waals surface area (Å²) < 4.78 is 0. The van der Waals surface area contributed by atoms with Crippen molar-refractivity contribution in [3.05, 3.63) is 34.9 Å². The molecule has 1 fully saturated rings. The molecule has 5 heteroatoms. The summed E-state index contributed by atoms with van der Waals surface area (Å²) in [5.74, 6) is 1.66. The van der Waals surface area contributed by atoms with Crippen molar-refractivity contribution in [2.45, 2.75) is 45.3 Å². The summed E-state index contributed by atoms with van der Waals surface area (Å²) in [6.07, 6.45) is 1.55. The minimum atomic E-state index is -0.737. The molecule has 0 spiro atoms. The average Bonchev–Trinajstić information content (AvgIpc) is 2.87. The summed E-state index contributed by atoms with van der Waals surface area (Å²) in [6.45, 7) is 6.50. The van der Waals surface area contributed by atoms with Gasteiger partial charge in [-0.15, -0.1) is 0 Å². The lowest BCUT2D eigenvalue weighted by atomic mass is 10.00. The first-order valence-corrected chi connectivity index (χ1v) is 8.94. The lowest BCUT2D eigenvalue weighted by Crippen LogP contribution is -2.48. The molecule has 1 aromatic rings. The lowest BCUT2D eigenvalue weighted by molar-refractivity contribution is 0.0699. The second-order valence-electron chi connectivity index (χ2n) is 6.39. The zero-order valence-corrected chi connectivity index (χ0v) is 14.4. The van der Waals surface area contributed by atoms with Crippen molar-refractivity contribution in [2.75, 3.05) is 18.1 Å². The third-order valence-corrected chi connectivity index (χ3v) is 5.30. The molecule has 0 bridgehead atoms. The van der Waals surface area contributed by atoms with Crippen LogP contribution in [0.15, 0.2) is 18.2 Å². The molecule has 2 rings (SSSR count). The zero-order valence-electron chi connectivity index (χ0n) is 13.6. The summed E-state index contributed by atoms with van der Waals surface area (Å²) in [6, 6.07) is 6.23. The number of carbonyl (C=O) groups excluding carboxylic acids is 1. The Labute approximate surface area is 137 Å². The summed E-state index contributed by atoms with van der Waals surface area (Å²) >= 11 is 1.73. The van der Waals surface area contributed by atoms with Crippen LogP contribution in [0.4, 0.5) is 4.79 Å². The molecule has 22 heavy (non-hydrogen) atoms. The maximum atomic E-state index is 11.9. The summed E-state index contributed by atoms with van der Waals surface area (Å²) in [4.78, 5) is 11.9. The van der Waals surface area contributed by atoms with E-state index >= 15 is 0 Å². The van der Waals surface area contributed by atoms with E-state index in [9.17, 15) is 9.90 Å². The van der Waals surface area contributed by atoms with Crippen molar-refractivity contribution < 1.29 is 9.90 Å². The van der Waals surface area contributed by atoms with Gasteiger partial charge < -0.3 is 15.7 Å². The molecule has 0 aromatic heterocycles. The molecule has 0 unspecified atom stereocenters. The fourth-order valence-corrected chi connectivity index (χ4v) is 4.01. The van der Waals surface area contributed by atoms with Gasteiger partial charge in [0.25, 0.3) is 0 Å². The van der Waals surface area contributed by atoms with Crippen molar-refractivity contribution in [1.82, 2.24) is 10.6 Å². The number of benzene rings is 1. The Morgan fingerprint density at radius 2 is 2.23 bits per heavy atom. The van der Waals surface area contributed by atoms with E-state index < -0.39 is 5.60 Å². The fourth-order valence-electron chi connectivity index (χ4n) is 2.71. The molecular formula is C17H26N2O2S. The highest BCUT2D eigenvalue weighted by molar-refractivity contribution is 7.99. The van der Waals surface area contributed by atoms with Crippen molar-refractivity contribution in [2.24, 2.45) is 0 Å². The molecule has 1 aliphatic heterocycles. The quantitative estimate of drug-likeness (QED) is 0.780. The molecule has 0 saturated carbocycles. The first-order valence-electron chi connectivity index (χ1n) is 7.79. The van der Waals surface area contributed by atoms with Crippen LogP contribution in [0.1, 0.15) is 30.0 Å². The van der Waals surface area contributed by atoms with Crippen molar-refractivity contribution in [3.63, 3.8) is 0 Å². The molecule has 122 valence electrons. The van der Waals surface area contributed by atoms with Gasteiger partial charge in [-0.2, -0.15) is 11.8 Å². The van der Waals surface area contributed by atoms with Crippen LogP contribution >= 0.6 is 11.8 Å². The summed E-state index contributed by atoms with van der Waals surface area (Å²) in [5.41, 5.74) is 3.02. The maximum Gasteiger partial charge on any atom is 0.315 e. The Hall–Kier alpha value is -1.20. The monoisotopic (exact) mass is 322 g/mol. The van der Waals surface area contributed by atoms with Crippen LogP contribution in [0.3, 0.4) is 0 Å². The van der Waals surface area contributed by atoms with Crippen molar-refractivity contribution >= 4 is 17.8 Å². The number of carbonyl (C=O) groups is 1. The number of thioether (sulfide) groups is 1. The molecule has 1 heterocycles. The zero-order chi connectivity index (χ0) is 16.2.